The molecule has 0 fully saturated rings. The lowest BCUT2D eigenvalue weighted by Gasteiger charge is -2.07. The molecule has 8 heteroatoms. The molecule has 0 aromatic heterocycles. The van der Waals surface area contributed by atoms with E-state index in [9.17, 15) is 18.8 Å². The van der Waals surface area contributed by atoms with Gasteiger partial charge >= 0.3 is 12.0 Å². The van der Waals surface area contributed by atoms with Crippen LogP contribution in [0.1, 0.15) is 17.3 Å². The quantitative estimate of drug-likeness (QED) is 0.811. The molecule has 20 heavy (non-hydrogen) atoms. The number of ether oxygens (including phenoxy) is 1. The monoisotopic (exact) mass is 346 g/mol. The van der Waals surface area contributed by atoms with Crippen LogP contribution in [0, 0.1) is 5.82 Å². The summed E-state index contributed by atoms with van der Waals surface area (Å²) in [6.07, 6.45) is 0. The van der Waals surface area contributed by atoms with Crippen molar-refractivity contribution in [1.82, 2.24) is 10.6 Å². The zero-order valence-electron chi connectivity index (χ0n) is 10.5. The van der Waals surface area contributed by atoms with Gasteiger partial charge in [-0.25, -0.2) is 14.0 Å². The number of carbonyl (C=O) groups is 3. The standard InChI is InChI=1S/C12H12BrFN2O4/c1-2-15-12(19)16-10(17)6-20-11(18)8-5-7(13)3-4-9(8)14/h3-5H,2,6H2,1H3,(H2,15,16,17,19). The Bertz CT molecular complexity index is 536. The third kappa shape index (κ3) is 4.96. The smallest absolute Gasteiger partial charge is 0.341 e. The summed E-state index contributed by atoms with van der Waals surface area (Å²) >= 11 is 3.09. The van der Waals surface area contributed by atoms with E-state index in [0.29, 0.717) is 11.0 Å². The van der Waals surface area contributed by atoms with Crippen LogP contribution in [0.25, 0.3) is 0 Å². The van der Waals surface area contributed by atoms with Gasteiger partial charge in [-0.05, 0) is 25.1 Å². The number of urea groups is 1. The number of imide groups is 1. The molecule has 6 nitrogen and oxygen atoms in total. The molecule has 0 bridgehead atoms. The van der Waals surface area contributed by atoms with Gasteiger partial charge in [-0.15, -0.1) is 0 Å². The second-order valence-electron chi connectivity index (χ2n) is 3.61. The minimum atomic E-state index is -0.991. The predicted molar refractivity (Wildman–Crippen MR) is 71.6 cm³/mol. The lowest BCUT2D eigenvalue weighted by molar-refractivity contribution is -0.123. The summed E-state index contributed by atoms with van der Waals surface area (Å²) in [7, 11) is 0. The van der Waals surface area contributed by atoms with E-state index in [-0.39, 0.29) is 5.56 Å². The number of esters is 1. The molecule has 1 aromatic carbocycles. The van der Waals surface area contributed by atoms with Crippen molar-refractivity contribution in [2.75, 3.05) is 13.2 Å². The number of nitrogens with one attached hydrogen (secondary N) is 2. The average Bonchev–Trinajstić information content (AvgIpc) is 2.39. The molecule has 3 amide bonds. The van der Waals surface area contributed by atoms with Crippen LogP contribution in [0.15, 0.2) is 22.7 Å². The fourth-order valence-electron chi connectivity index (χ4n) is 1.23. The molecule has 0 aliphatic rings. The molecule has 0 radical (unpaired) electrons. The van der Waals surface area contributed by atoms with E-state index in [2.05, 4.69) is 26.0 Å². The first-order valence-corrected chi connectivity index (χ1v) is 6.43. The molecule has 1 aromatic rings. The summed E-state index contributed by atoms with van der Waals surface area (Å²) in [6, 6.07) is 3.06. The Morgan fingerprint density at radius 1 is 1.35 bits per heavy atom. The van der Waals surface area contributed by atoms with Crippen LogP contribution in [-0.2, 0) is 9.53 Å². The van der Waals surface area contributed by atoms with Crippen molar-refractivity contribution in [2.45, 2.75) is 6.92 Å². The van der Waals surface area contributed by atoms with Gasteiger partial charge in [0.15, 0.2) is 6.61 Å². The lowest BCUT2D eigenvalue weighted by Crippen LogP contribution is -2.41. The SMILES string of the molecule is CCNC(=O)NC(=O)COC(=O)c1cc(Br)ccc1F. The van der Waals surface area contributed by atoms with Crippen LogP contribution in [0.3, 0.4) is 0 Å². The third-order valence-electron chi connectivity index (χ3n) is 2.07. The maximum atomic E-state index is 13.4. The Kier molecular flexibility index (Phi) is 6.10. The van der Waals surface area contributed by atoms with Gasteiger partial charge in [-0.2, -0.15) is 0 Å². The lowest BCUT2D eigenvalue weighted by atomic mass is 10.2. The highest BCUT2D eigenvalue weighted by atomic mass is 79.9. The summed E-state index contributed by atoms with van der Waals surface area (Å²) in [5.74, 6) is -2.56. The number of carbonyl (C=O) groups excluding carboxylic acids is 3. The molecular formula is C12H12BrFN2O4. The van der Waals surface area contributed by atoms with Crippen molar-refractivity contribution in [3.8, 4) is 0 Å². The molecule has 0 aliphatic heterocycles. The normalized spacial score (nSPS) is 9.75. The molecule has 108 valence electrons. The summed E-state index contributed by atoms with van der Waals surface area (Å²) in [5, 5.41) is 4.28. The molecule has 0 aliphatic carbocycles. The molecule has 0 unspecified atom stereocenters. The van der Waals surface area contributed by atoms with Crippen molar-refractivity contribution in [1.29, 1.82) is 0 Å². The highest BCUT2D eigenvalue weighted by Gasteiger charge is 2.16. The number of amides is 3. The van der Waals surface area contributed by atoms with E-state index >= 15 is 0 Å². The van der Waals surface area contributed by atoms with Gasteiger partial charge in [-0.1, -0.05) is 15.9 Å². The van der Waals surface area contributed by atoms with Crippen LogP contribution < -0.4 is 10.6 Å². The number of halogens is 2. The van der Waals surface area contributed by atoms with Crippen LogP contribution in [0.4, 0.5) is 9.18 Å². The van der Waals surface area contributed by atoms with Crippen LogP contribution in [-0.4, -0.2) is 31.1 Å². The molecule has 0 atom stereocenters. The summed E-state index contributed by atoms with van der Waals surface area (Å²) in [5.41, 5.74) is -0.301. The molecule has 1 rings (SSSR count). The second kappa shape index (κ2) is 7.59. The van der Waals surface area contributed by atoms with Crippen LogP contribution in [0.5, 0.6) is 0 Å². The van der Waals surface area contributed by atoms with Crippen molar-refractivity contribution in [3.05, 3.63) is 34.1 Å². The summed E-state index contributed by atoms with van der Waals surface area (Å²) in [4.78, 5) is 33.9. The zero-order chi connectivity index (χ0) is 15.1. The minimum Gasteiger partial charge on any atom is -0.452 e. The zero-order valence-corrected chi connectivity index (χ0v) is 12.1. The van der Waals surface area contributed by atoms with Gasteiger partial charge in [0.05, 0.1) is 5.56 Å². The second-order valence-corrected chi connectivity index (χ2v) is 4.52. The third-order valence-corrected chi connectivity index (χ3v) is 2.57. The van der Waals surface area contributed by atoms with Gasteiger partial charge in [0.2, 0.25) is 0 Å². The Labute approximate surface area is 122 Å². The first-order chi connectivity index (χ1) is 9.43. The van der Waals surface area contributed by atoms with Crippen molar-refractivity contribution >= 4 is 33.8 Å². The Balaban J connectivity index is 2.53. The van der Waals surface area contributed by atoms with Crippen LogP contribution >= 0.6 is 15.9 Å². The summed E-state index contributed by atoms with van der Waals surface area (Å²) in [6.45, 7) is 1.35. The highest BCUT2D eigenvalue weighted by Crippen LogP contribution is 2.16. The van der Waals surface area contributed by atoms with Crippen molar-refractivity contribution in [3.63, 3.8) is 0 Å². The molecule has 0 saturated carbocycles. The molecule has 0 saturated heterocycles. The number of rotatable bonds is 4. The molecular weight excluding hydrogens is 335 g/mol. The Morgan fingerprint density at radius 3 is 2.70 bits per heavy atom. The summed E-state index contributed by atoms with van der Waals surface area (Å²) < 4.78 is 18.5. The average molecular weight is 347 g/mol. The van der Waals surface area contributed by atoms with Crippen molar-refractivity contribution < 1.29 is 23.5 Å². The van der Waals surface area contributed by atoms with Crippen molar-refractivity contribution in [2.24, 2.45) is 0 Å². The van der Waals surface area contributed by atoms with Gasteiger partial charge in [0.25, 0.3) is 5.91 Å². The Morgan fingerprint density at radius 2 is 2.05 bits per heavy atom. The number of hydrogen-bond donors (Lipinski definition) is 2. The van der Waals surface area contributed by atoms with E-state index in [0.717, 1.165) is 6.07 Å². The number of hydrogen-bond acceptors (Lipinski definition) is 4. The highest BCUT2D eigenvalue weighted by molar-refractivity contribution is 9.10. The van der Waals surface area contributed by atoms with Gasteiger partial charge in [-0.3, -0.25) is 10.1 Å². The van der Waals surface area contributed by atoms with Gasteiger partial charge < -0.3 is 10.1 Å². The minimum absolute atomic E-state index is 0.301. The van der Waals surface area contributed by atoms with Gasteiger partial charge in [0.1, 0.15) is 5.82 Å². The topological polar surface area (TPSA) is 84.5 Å². The fraction of sp³-hybridized carbons (Fsp3) is 0.250. The molecule has 2 N–H and O–H groups in total. The fourth-order valence-corrected chi connectivity index (χ4v) is 1.59. The Hall–Kier alpha value is -1.96. The first-order valence-electron chi connectivity index (χ1n) is 5.64. The van der Waals surface area contributed by atoms with Crippen LogP contribution in [0.2, 0.25) is 0 Å². The predicted octanol–water partition coefficient (Wildman–Crippen LogP) is 1.59. The van der Waals surface area contributed by atoms with E-state index in [1.165, 1.54) is 12.1 Å². The maximum Gasteiger partial charge on any atom is 0.341 e. The van der Waals surface area contributed by atoms with E-state index in [1.807, 2.05) is 5.32 Å². The number of benzene rings is 1. The van der Waals surface area contributed by atoms with E-state index in [4.69, 9.17) is 0 Å². The van der Waals surface area contributed by atoms with Gasteiger partial charge in [0, 0.05) is 11.0 Å². The largest absolute Gasteiger partial charge is 0.452 e. The molecule has 0 heterocycles. The first kappa shape index (κ1) is 16.1. The van der Waals surface area contributed by atoms with E-state index in [1.54, 1.807) is 6.92 Å². The van der Waals surface area contributed by atoms with E-state index < -0.39 is 30.3 Å². The maximum absolute atomic E-state index is 13.4. The molecule has 0 spiro atoms.